The molecule has 5 heteroatoms. The predicted molar refractivity (Wildman–Crippen MR) is 404 cm³/mol. The van der Waals surface area contributed by atoms with Gasteiger partial charge in [-0.1, -0.05) is 280 Å². The number of nitrogens with zero attached hydrogens (tertiary/aromatic N) is 3. The van der Waals surface area contributed by atoms with Crippen LogP contribution in [0.1, 0.15) is 176 Å². The van der Waals surface area contributed by atoms with Crippen LogP contribution in [0.25, 0.3) is 11.1 Å². The smallest absolute Gasteiger partial charge is 0.252 e. The summed E-state index contributed by atoms with van der Waals surface area (Å²) in [5.74, 6) is 0. The third-order valence-corrected chi connectivity index (χ3v) is 28.2. The van der Waals surface area contributed by atoms with E-state index in [4.69, 9.17) is 0 Å². The second-order valence-corrected chi connectivity index (χ2v) is 36.9. The largest absolute Gasteiger partial charge is 0.334 e. The molecule has 0 N–H and O–H groups in total. The van der Waals surface area contributed by atoms with E-state index < -0.39 is 8.07 Å². The standard InChI is InChI=1S/C88H94BN3Si/c1-82(2,3)60-33-30-34-63(51-60)90-77-53-62(84(7,8)9)41-44-73(77)89-74-57-70-71(86(12,13)50-49-85(70,10)11)58-78(74)91(75-45-42-61(83(4,5)6)52-69(75)59-31-20-16-21-32-59)80-55-64(54-79(90)81(80)89)92-76-46-43-68(56-72(76)87(14)47-28-29-48-88(87,92)15)93(65-35-22-17-23-36-65,66-37-24-18-25-38-66)67-39-26-19-27-40-67/h16-27,30-46,51-58H,28-29,47-50H2,1-15H3. The predicted octanol–water partition coefficient (Wildman–Crippen LogP) is 18.8. The molecule has 2 aliphatic carbocycles. The number of hydrogen-bond acceptors (Lipinski definition) is 3. The first kappa shape index (κ1) is 61.1. The molecular weight excluding hydrogens is 1140 g/mol. The topological polar surface area (TPSA) is 9.72 Å². The number of fused-ring (bicyclic) bond motifs is 8. The van der Waals surface area contributed by atoms with Gasteiger partial charge in [-0.15, -0.1) is 0 Å². The van der Waals surface area contributed by atoms with Gasteiger partial charge in [0.25, 0.3) is 6.71 Å². The van der Waals surface area contributed by atoms with E-state index >= 15 is 0 Å². The van der Waals surface area contributed by atoms with E-state index in [0.717, 1.165) is 25.7 Å². The van der Waals surface area contributed by atoms with Crippen LogP contribution in [0, 0.1) is 0 Å². The summed E-state index contributed by atoms with van der Waals surface area (Å²) in [6, 6.07) is 89.2. The van der Waals surface area contributed by atoms with Crippen LogP contribution in [-0.4, -0.2) is 20.3 Å². The molecule has 468 valence electrons. The zero-order valence-electron chi connectivity index (χ0n) is 58.0. The van der Waals surface area contributed by atoms with E-state index in [2.05, 4.69) is 343 Å². The molecule has 3 aliphatic heterocycles. The van der Waals surface area contributed by atoms with Crippen LogP contribution in [0.15, 0.2) is 224 Å². The number of anilines is 8. The molecule has 10 aromatic carbocycles. The quantitative estimate of drug-likeness (QED) is 0.111. The van der Waals surface area contributed by atoms with Crippen molar-refractivity contribution in [3.63, 3.8) is 0 Å². The van der Waals surface area contributed by atoms with Crippen molar-refractivity contribution < 1.29 is 0 Å². The molecule has 3 heterocycles. The second kappa shape index (κ2) is 21.5. The minimum Gasteiger partial charge on any atom is -0.334 e. The van der Waals surface area contributed by atoms with Crippen LogP contribution in [0.3, 0.4) is 0 Å². The highest BCUT2D eigenvalue weighted by Gasteiger charge is 2.59. The maximum atomic E-state index is 2.89. The number of hydrogen-bond donors (Lipinski definition) is 0. The third kappa shape index (κ3) is 9.46. The summed E-state index contributed by atoms with van der Waals surface area (Å²) in [6.07, 6.45) is 6.83. The van der Waals surface area contributed by atoms with Gasteiger partial charge in [0, 0.05) is 50.8 Å². The maximum absolute atomic E-state index is 2.90. The van der Waals surface area contributed by atoms with E-state index in [9.17, 15) is 0 Å². The fourth-order valence-corrected chi connectivity index (χ4v) is 22.5. The first-order valence-electron chi connectivity index (χ1n) is 34.8. The van der Waals surface area contributed by atoms with Crippen molar-refractivity contribution in [1.29, 1.82) is 0 Å². The summed E-state index contributed by atoms with van der Waals surface area (Å²) in [4.78, 5) is 8.39. The summed E-state index contributed by atoms with van der Waals surface area (Å²) >= 11 is 0. The van der Waals surface area contributed by atoms with Crippen molar-refractivity contribution in [3.05, 3.63) is 258 Å². The van der Waals surface area contributed by atoms with Gasteiger partial charge in [-0.2, -0.15) is 0 Å². The van der Waals surface area contributed by atoms with Gasteiger partial charge in [0.2, 0.25) is 0 Å². The Kier molecular flexibility index (Phi) is 14.1. The number of rotatable bonds is 8. The maximum Gasteiger partial charge on any atom is 0.252 e. The molecule has 0 bridgehead atoms. The molecule has 15 rings (SSSR count). The summed E-state index contributed by atoms with van der Waals surface area (Å²) < 4.78 is 0. The molecule has 5 aliphatic rings. The van der Waals surface area contributed by atoms with Crippen molar-refractivity contribution in [3.8, 4) is 11.1 Å². The lowest BCUT2D eigenvalue weighted by Crippen LogP contribution is -2.74. The highest BCUT2D eigenvalue weighted by atomic mass is 28.3. The van der Waals surface area contributed by atoms with E-state index in [1.165, 1.54) is 140 Å². The van der Waals surface area contributed by atoms with Gasteiger partial charge in [-0.05, 0) is 190 Å². The molecule has 0 saturated heterocycles. The molecule has 0 spiro atoms. The SMILES string of the molecule is CC(C)(C)c1cccc(N2c3cc(C(C)(C)C)ccc3B3c4cc5c(cc4N(c4ccc(C(C)(C)C)cc4-c4ccccc4)c4cc(N6c7ccc([Si](c8ccccc8)(c8ccccc8)c8ccccc8)cc7C7(C)CCCCC67C)cc2c43)C(C)(C)CCC5(C)C)c1. The van der Waals surface area contributed by atoms with Crippen molar-refractivity contribution in [2.45, 2.75) is 180 Å². The van der Waals surface area contributed by atoms with Gasteiger partial charge >= 0.3 is 0 Å². The van der Waals surface area contributed by atoms with Crippen LogP contribution >= 0.6 is 0 Å². The Morgan fingerprint density at radius 2 is 0.860 bits per heavy atom. The van der Waals surface area contributed by atoms with E-state index in [0.29, 0.717) is 0 Å². The molecule has 1 fully saturated rings. The molecule has 0 aromatic heterocycles. The lowest BCUT2D eigenvalue weighted by Gasteiger charge is -2.51. The van der Waals surface area contributed by atoms with Crippen LogP contribution in [0.5, 0.6) is 0 Å². The summed E-state index contributed by atoms with van der Waals surface area (Å²) in [5, 5.41) is 5.65. The Bertz CT molecular complexity index is 4470. The van der Waals surface area contributed by atoms with Gasteiger partial charge in [-0.25, -0.2) is 0 Å². The molecule has 3 nitrogen and oxygen atoms in total. The minimum absolute atomic E-state index is 0.00913. The zero-order valence-corrected chi connectivity index (χ0v) is 59.0. The molecular formula is C88H94BN3Si. The highest BCUT2D eigenvalue weighted by Crippen LogP contribution is 2.62. The second-order valence-electron chi connectivity index (χ2n) is 33.1. The van der Waals surface area contributed by atoms with E-state index in [-0.39, 0.29) is 44.7 Å². The van der Waals surface area contributed by atoms with Crippen LogP contribution < -0.4 is 51.8 Å². The number of benzene rings is 10. The van der Waals surface area contributed by atoms with Crippen molar-refractivity contribution in [2.75, 3.05) is 14.7 Å². The molecule has 0 amide bonds. The minimum atomic E-state index is -2.90. The van der Waals surface area contributed by atoms with Gasteiger partial charge in [0.1, 0.15) is 0 Å². The normalized spacial score (nSPS) is 19.5. The first-order chi connectivity index (χ1) is 44.2. The molecule has 2 atom stereocenters. The Morgan fingerprint density at radius 1 is 0.355 bits per heavy atom. The summed E-state index contributed by atoms with van der Waals surface area (Å²) in [6.45, 7) is 36.6. The summed E-state index contributed by atoms with van der Waals surface area (Å²) in [5.41, 5.74) is 24.4. The molecule has 2 unspecified atom stereocenters. The van der Waals surface area contributed by atoms with Gasteiger partial charge in [0.05, 0.1) is 11.2 Å². The Balaban J connectivity index is 1.09. The van der Waals surface area contributed by atoms with E-state index in [1.807, 2.05) is 0 Å². The Morgan fingerprint density at radius 3 is 1.45 bits per heavy atom. The third-order valence-electron chi connectivity index (χ3n) is 23.5. The van der Waals surface area contributed by atoms with E-state index in [1.54, 1.807) is 0 Å². The lowest BCUT2D eigenvalue weighted by atomic mass is 9.33. The molecule has 0 radical (unpaired) electrons. The van der Waals surface area contributed by atoms with Gasteiger partial charge in [-0.3, -0.25) is 0 Å². The summed E-state index contributed by atoms with van der Waals surface area (Å²) in [7, 11) is -2.90. The van der Waals surface area contributed by atoms with Crippen molar-refractivity contribution in [2.24, 2.45) is 0 Å². The Hall–Kier alpha value is -8.12. The fraction of sp³-hybridized carbons (Fsp3) is 0.318. The van der Waals surface area contributed by atoms with Crippen molar-refractivity contribution in [1.82, 2.24) is 0 Å². The van der Waals surface area contributed by atoms with Gasteiger partial charge < -0.3 is 14.7 Å². The first-order valence-corrected chi connectivity index (χ1v) is 36.8. The van der Waals surface area contributed by atoms with Crippen LogP contribution in [0.4, 0.5) is 45.5 Å². The van der Waals surface area contributed by atoms with Crippen molar-refractivity contribution >= 4 is 97.4 Å². The highest BCUT2D eigenvalue weighted by molar-refractivity contribution is 7.20. The average molecular weight is 1230 g/mol. The Labute approximate surface area is 558 Å². The lowest BCUT2D eigenvalue weighted by molar-refractivity contribution is 0.195. The average Bonchev–Trinajstić information content (AvgIpc) is 1.68. The molecule has 93 heavy (non-hydrogen) atoms. The zero-order chi connectivity index (χ0) is 65.0. The van der Waals surface area contributed by atoms with Gasteiger partial charge in [0.15, 0.2) is 8.07 Å². The monoisotopic (exact) mass is 1230 g/mol. The molecule has 10 aromatic rings. The van der Waals surface area contributed by atoms with Crippen LogP contribution in [-0.2, 0) is 32.5 Å². The molecule has 1 saturated carbocycles. The fourth-order valence-electron chi connectivity index (χ4n) is 17.8. The van der Waals surface area contributed by atoms with Crippen LogP contribution in [0.2, 0.25) is 0 Å².